The minimum Gasteiger partial charge on any atom is -0.337 e. The standard InChI is InChI=1S/C15H20N2O2/c1-3-17(11-12-7-5-4-6-8-12)15(19)13-9-10-14(18)16(13)2/h4-8,13H,3,9-11H2,1-2H3. The van der Waals surface area contributed by atoms with Crippen LogP contribution in [-0.2, 0) is 16.1 Å². The topological polar surface area (TPSA) is 40.6 Å². The Labute approximate surface area is 114 Å². The molecule has 4 nitrogen and oxygen atoms in total. The van der Waals surface area contributed by atoms with E-state index in [1.54, 1.807) is 11.9 Å². The Morgan fingerprint density at radius 1 is 1.37 bits per heavy atom. The highest BCUT2D eigenvalue weighted by molar-refractivity contribution is 5.90. The van der Waals surface area contributed by atoms with Crippen molar-refractivity contribution in [3.8, 4) is 0 Å². The second-order valence-corrected chi connectivity index (χ2v) is 4.90. The van der Waals surface area contributed by atoms with E-state index in [-0.39, 0.29) is 17.9 Å². The highest BCUT2D eigenvalue weighted by Gasteiger charge is 2.35. The maximum Gasteiger partial charge on any atom is 0.245 e. The summed E-state index contributed by atoms with van der Waals surface area (Å²) >= 11 is 0. The van der Waals surface area contributed by atoms with Gasteiger partial charge in [0.15, 0.2) is 0 Å². The Kier molecular flexibility index (Phi) is 4.20. The molecular weight excluding hydrogens is 240 g/mol. The van der Waals surface area contributed by atoms with E-state index >= 15 is 0 Å². The van der Waals surface area contributed by atoms with Crippen LogP contribution in [0.5, 0.6) is 0 Å². The van der Waals surface area contributed by atoms with Crippen LogP contribution in [0, 0.1) is 0 Å². The van der Waals surface area contributed by atoms with E-state index in [4.69, 9.17) is 0 Å². The lowest BCUT2D eigenvalue weighted by Crippen LogP contribution is -2.44. The van der Waals surface area contributed by atoms with Gasteiger partial charge in [-0.2, -0.15) is 0 Å². The normalized spacial score (nSPS) is 18.7. The van der Waals surface area contributed by atoms with E-state index < -0.39 is 0 Å². The van der Waals surface area contributed by atoms with Crippen LogP contribution in [0.4, 0.5) is 0 Å². The molecule has 1 aliphatic rings. The molecule has 102 valence electrons. The smallest absolute Gasteiger partial charge is 0.245 e. The van der Waals surface area contributed by atoms with Gasteiger partial charge >= 0.3 is 0 Å². The molecule has 19 heavy (non-hydrogen) atoms. The molecule has 1 fully saturated rings. The molecule has 2 rings (SSSR count). The second-order valence-electron chi connectivity index (χ2n) is 4.90. The Balaban J connectivity index is 2.05. The number of nitrogens with zero attached hydrogens (tertiary/aromatic N) is 2. The summed E-state index contributed by atoms with van der Waals surface area (Å²) in [5.74, 6) is 0.119. The van der Waals surface area contributed by atoms with Crippen molar-refractivity contribution >= 4 is 11.8 Å². The molecule has 4 heteroatoms. The molecule has 1 aromatic carbocycles. The summed E-state index contributed by atoms with van der Waals surface area (Å²) in [6.07, 6.45) is 1.12. The van der Waals surface area contributed by atoms with Crippen molar-refractivity contribution in [3.63, 3.8) is 0 Å². The van der Waals surface area contributed by atoms with Crippen LogP contribution in [-0.4, -0.2) is 41.2 Å². The van der Waals surface area contributed by atoms with Crippen molar-refractivity contribution in [1.29, 1.82) is 0 Å². The number of likely N-dealkylation sites (N-methyl/N-ethyl adjacent to an activating group) is 2. The van der Waals surface area contributed by atoms with E-state index in [0.29, 0.717) is 25.9 Å². The van der Waals surface area contributed by atoms with E-state index in [1.807, 2.05) is 42.2 Å². The highest BCUT2D eigenvalue weighted by atomic mass is 16.2. The minimum atomic E-state index is -0.281. The fourth-order valence-corrected chi connectivity index (χ4v) is 2.45. The summed E-state index contributed by atoms with van der Waals surface area (Å²) in [5, 5.41) is 0. The SMILES string of the molecule is CCN(Cc1ccccc1)C(=O)C1CCC(=O)N1C. The van der Waals surface area contributed by atoms with Crippen LogP contribution >= 0.6 is 0 Å². The molecule has 1 aliphatic heterocycles. The maximum absolute atomic E-state index is 12.5. The molecule has 0 radical (unpaired) electrons. The van der Waals surface area contributed by atoms with E-state index in [1.165, 1.54) is 0 Å². The van der Waals surface area contributed by atoms with Crippen LogP contribution < -0.4 is 0 Å². The van der Waals surface area contributed by atoms with Crippen molar-refractivity contribution in [2.45, 2.75) is 32.4 Å². The van der Waals surface area contributed by atoms with E-state index in [0.717, 1.165) is 5.56 Å². The zero-order valence-corrected chi connectivity index (χ0v) is 11.5. The Morgan fingerprint density at radius 3 is 2.58 bits per heavy atom. The van der Waals surface area contributed by atoms with Crippen molar-refractivity contribution in [1.82, 2.24) is 9.80 Å². The van der Waals surface area contributed by atoms with Crippen LogP contribution in [0.25, 0.3) is 0 Å². The van der Waals surface area contributed by atoms with Crippen LogP contribution in [0.3, 0.4) is 0 Å². The van der Waals surface area contributed by atoms with E-state index in [9.17, 15) is 9.59 Å². The van der Waals surface area contributed by atoms with Crippen LogP contribution in [0.1, 0.15) is 25.3 Å². The molecule has 0 bridgehead atoms. The number of benzene rings is 1. The van der Waals surface area contributed by atoms with Gasteiger partial charge in [0.05, 0.1) is 0 Å². The molecular formula is C15H20N2O2. The van der Waals surface area contributed by atoms with E-state index in [2.05, 4.69) is 0 Å². The first-order valence-corrected chi connectivity index (χ1v) is 6.72. The highest BCUT2D eigenvalue weighted by Crippen LogP contribution is 2.19. The lowest BCUT2D eigenvalue weighted by atomic mass is 10.1. The molecule has 1 saturated heterocycles. The molecule has 1 heterocycles. The van der Waals surface area contributed by atoms with Gasteiger partial charge in [0.1, 0.15) is 6.04 Å². The summed E-state index contributed by atoms with van der Waals surface area (Å²) < 4.78 is 0. The predicted octanol–water partition coefficient (Wildman–Crippen LogP) is 1.66. The lowest BCUT2D eigenvalue weighted by molar-refractivity contribution is -0.140. The Morgan fingerprint density at radius 2 is 2.05 bits per heavy atom. The molecule has 1 unspecified atom stereocenters. The Bertz CT molecular complexity index is 458. The number of carbonyl (C=O) groups excluding carboxylic acids is 2. The first kappa shape index (κ1) is 13.6. The summed E-state index contributed by atoms with van der Waals surface area (Å²) in [7, 11) is 1.72. The summed E-state index contributed by atoms with van der Waals surface area (Å²) in [6, 6.07) is 9.65. The largest absolute Gasteiger partial charge is 0.337 e. The zero-order chi connectivity index (χ0) is 13.8. The third kappa shape index (κ3) is 2.95. The summed E-state index contributed by atoms with van der Waals surface area (Å²) in [6.45, 7) is 3.23. The number of amides is 2. The molecule has 0 N–H and O–H groups in total. The molecule has 1 atom stereocenters. The fourth-order valence-electron chi connectivity index (χ4n) is 2.45. The third-order valence-electron chi connectivity index (χ3n) is 3.69. The first-order valence-electron chi connectivity index (χ1n) is 6.72. The predicted molar refractivity (Wildman–Crippen MR) is 73.3 cm³/mol. The fraction of sp³-hybridized carbons (Fsp3) is 0.467. The van der Waals surface area contributed by atoms with Gasteiger partial charge < -0.3 is 9.80 Å². The summed E-state index contributed by atoms with van der Waals surface area (Å²) in [4.78, 5) is 27.4. The number of hydrogen-bond donors (Lipinski definition) is 0. The molecule has 0 aromatic heterocycles. The van der Waals surface area contributed by atoms with Crippen molar-refractivity contribution < 1.29 is 9.59 Å². The van der Waals surface area contributed by atoms with Crippen molar-refractivity contribution in [3.05, 3.63) is 35.9 Å². The maximum atomic E-state index is 12.5. The van der Waals surface area contributed by atoms with Crippen molar-refractivity contribution in [2.75, 3.05) is 13.6 Å². The molecule has 0 saturated carbocycles. The Hall–Kier alpha value is -1.84. The third-order valence-corrected chi connectivity index (χ3v) is 3.69. The molecule has 2 amide bonds. The lowest BCUT2D eigenvalue weighted by Gasteiger charge is -2.27. The van der Waals surface area contributed by atoms with Gasteiger partial charge in [-0.15, -0.1) is 0 Å². The van der Waals surface area contributed by atoms with Gasteiger partial charge in [-0.25, -0.2) is 0 Å². The number of likely N-dealkylation sites (tertiary alicyclic amines) is 1. The first-order chi connectivity index (χ1) is 9.13. The van der Waals surface area contributed by atoms with Crippen LogP contribution in [0.15, 0.2) is 30.3 Å². The van der Waals surface area contributed by atoms with Gasteiger partial charge in [0.25, 0.3) is 0 Å². The van der Waals surface area contributed by atoms with Gasteiger partial charge in [-0.3, -0.25) is 9.59 Å². The quantitative estimate of drug-likeness (QED) is 0.826. The van der Waals surface area contributed by atoms with Crippen molar-refractivity contribution in [2.24, 2.45) is 0 Å². The van der Waals surface area contributed by atoms with Gasteiger partial charge in [0.2, 0.25) is 11.8 Å². The second kappa shape index (κ2) is 5.87. The minimum absolute atomic E-state index is 0.0553. The molecule has 0 spiro atoms. The number of rotatable bonds is 4. The van der Waals surface area contributed by atoms with Crippen LogP contribution in [0.2, 0.25) is 0 Å². The van der Waals surface area contributed by atoms with Gasteiger partial charge in [-0.1, -0.05) is 30.3 Å². The zero-order valence-electron chi connectivity index (χ0n) is 11.5. The van der Waals surface area contributed by atoms with Gasteiger partial charge in [-0.05, 0) is 18.9 Å². The monoisotopic (exact) mass is 260 g/mol. The van der Waals surface area contributed by atoms with Gasteiger partial charge in [0, 0.05) is 26.6 Å². The summed E-state index contributed by atoms with van der Waals surface area (Å²) in [5.41, 5.74) is 1.12. The number of carbonyl (C=O) groups is 2. The number of hydrogen-bond acceptors (Lipinski definition) is 2. The average molecular weight is 260 g/mol. The molecule has 1 aromatic rings. The average Bonchev–Trinajstić information content (AvgIpc) is 2.77. The molecule has 0 aliphatic carbocycles.